The first-order valence-electron chi connectivity index (χ1n) is 9.35. The van der Waals surface area contributed by atoms with Crippen LogP contribution >= 0.6 is 27.3 Å². The van der Waals surface area contributed by atoms with Crippen molar-refractivity contribution in [1.29, 1.82) is 0 Å². The summed E-state index contributed by atoms with van der Waals surface area (Å²) in [5.74, 6) is 1.07. The number of halogens is 1. The van der Waals surface area contributed by atoms with Crippen molar-refractivity contribution in [3.8, 4) is 11.5 Å². The SMILES string of the molecule is CCOc1cc(/C=c2\s/c(=C\C(=O)c3ccccc3C)n(C)c2=O)cc(Br)c1OC. The van der Waals surface area contributed by atoms with E-state index in [0.717, 1.165) is 15.6 Å². The molecule has 0 N–H and O–H groups in total. The van der Waals surface area contributed by atoms with Gasteiger partial charge in [-0.05, 0) is 59.1 Å². The van der Waals surface area contributed by atoms with Crippen LogP contribution in [0.15, 0.2) is 45.7 Å². The van der Waals surface area contributed by atoms with Gasteiger partial charge >= 0.3 is 0 Å². The van der Waals surface area contributed by atoms with Crippen molar-refractivity contribution in [2.45, 2.75) is 13.8 Å². The van der Waals surface area contributed by atoms with E-state index in [1.807, 2.05) is 44.2 Å². The molecule has 1 aromatic heterocycles. The number of nitrogens with zero attached hydrogens (tertiary/aromatic N) is 1. The van der Waals surface area contributed by atoms with Crippen LogP contribution < -0.4 is 24.2 Å². The van der Waals surface area contributed by atoms with Crippen molar-refractivity contribution in [3.05, 3.63) is 77.1 Å². The first-order chi connectivity index (χ1) is 14.3. The fourth-order valence-corrected chi connectivity index (χ4v) is 4.68. The molecule has 0 atom stereocenters. The summed E-state index contributed by atoms with van der Waals surface area (Å²) in [6.07, 6.45) is 3.30. The maximum atomic E-state index is 12.7. The molecule has 5 nitrogen and oxygen atoms in total. The van der Waals surface area contributed by atoms with Crippen molar-refractivity contribution >= 4 is 45.2 Å². The molecule has 0 unspecified atom stereocenters. The zero-order valence-corrected chi connectivity index (χ0v) is 19.6. The maximum absolute atomic E-state index is 12.7. The number of hydrogen-bond acceptors (Lipinski definition) is 5. The summed E-state index contributed by atoms with van der Waals surface area (Å²) in [4.78, 5) is 25.4. The maximum Gasteiger partial charge on any atom is 0.268 e. The lowest BCUT2D eigenvalue weighted by Gasteiger charge is -2.11. The van der Waals surface area contributed by atoms with Crippen molar-refractivity contribution in [1.82, 2.24) is 4.57 Å². The van der Waals surface area contributed by atoms with Gasteiger partial charge in [0.2, 0.25) is 0 Å². The molecular weight excluding hydrogens is 466 g/mol. The number of aromatic nitrogens is 1. The van der Waals surface area contributed by atoms with E-state index >= 15 is 0 Å². The zero-order chi connectivity index (χ0) is 21.8. The molecule has 0 aliphatic rings. The van der Waals surface area contributed by atoms with E-state index in [2.05, 4.69) is 15.9 Å². The minimum atomic E-state index is -0.159. The Morgan fingerprint density at radius 3 is 2.67 bits per heavy atom. The summed E-state index contributed by atoms with van der Waals surface area (Å²) >= 11 is 4.77. The second-order valence-electron chi connectivity index (χ2n) is 6.60. The molecule has 0 spiro atoms. The van der Waals surface area contributed by atoms with Gasteiger partial charge in [-0.1, -0.05) is 24.3 Å². The van der Waals surface area contributed by atoms with E-state index in [4.69, 9.17) is 9.47 Å². The highest BCUT2D eigenvalue weighted by atomic mass is 79.9. The number of aryl methyl sites for hydroxylation is 1. The first-order valence-corrected chi connectivity index (χ1v) is 11.0. The molecule has 3 rings (SSSR count). The monoisotopic (exact) mass is 487 g/mol. The van der Waals surface area contributed by atoms with Gasteiger partial charge in [-0.15, -0.1) is 11.3 Å². The second kappa shape index (κ2) is 9.45. The van der Waals surface area contributed by atoms with Crippen LogP contribution in [0, 0.1) is 6.92 Å². The van der Waals surface area contributed by atoms with E-state index in [9.17, 15) is 9.59 Å². The van der Waals surface area contributed by atoms with Gasteiger partial charge in [-0.25, -0.2) is 0 Å². The molecule has 1 heterocycles. The van der Waals surface area contributed by atoms with Gasteiger partial charge in [0.05, 0.1) is 22.7 Å². The van der Waals surface area contributed by atoms with E-state index in [1.54, 1.807) is 26.3 Å². The largest absolute Gasteiger partial charge is 0.492 e. The topological polar surface area (TPSA) is 57.5 Å². The van der Waals surface area contributed by atoms with Crippen molar-refractivity contribution in [2.75, 3.05) is 13.7 Å². The quantitative estimate of drug-likeness (QED) is 0.499. The van der Waals surface area contributed by atoms with Crippen LogP contribution in [-0.2, 0) is 7.05 Å². The second-order valence-corrected chi connectivity index (χ2v) is 8.52. The molecule has 0 radical (unpaired) electrons. The zero-order valence-electron chi connectivity index (χ0n) is 17.2. The number of ether oxygens (including phenoxy) is 2. The fourth-order valence-electron chi connectivity index (χ4n) is 3.03. The Labute approximate surface area is 187 Å². The minimum absolute atomic E-state index is 0.123. The predicted octanol–water partition coefficient (Wildman–Crippen LogP) is 3.42. The minimum Gasteiger partial charge on any atom is -0.492 e. The third-order valence-electron chi connectivity index (χ3n) is 4.56. The van der Waals surface area contributed by atoms with Crippen LogP contribution in [0.3, 0.4) is 0 Å². The lowest BCUT2D eigenvalue weighted by molar-refractivity contribution is 0.106. The molecule has 156 valence electrons. The molecule has 0 amide bonds. The van der Waals surface area contributed by atoms with Crippen molar-refractivity contribution in [3.63, 3.8) is 0 Å². The molecule has 3 aromatic rings. The number of hydrogen-bond donors (Lipinski definition) is 0. The standard InChI is InChI=1S/C23H22BrNO4S/c1-5-29-19-11-15(10-17(24)22(19)28-4)12-20-23(27)25(3)21(30-20)13-18(26)16-9-7-6-8-14(16)2/h6-13H,5H2,1-4H3/b20-12-,21-13-. The molecule has 30 heavy (non-hydrogen) atoms. The Bertz CT molecular complexity index is 1270. The number of carbonyl (C=O) groups excluding carboxylic acids is 1. The smallest absolute Gasteiger partial charge is 0.268 e. The Hall–Kier alpha value is -2.64. The molecule has 2 aromatic carbocycles. The highest BCUT2D eigenvalue weighted by Gasteiger charge is 2.11. The lowest BCUT2D eigenvalue weighted by atomic mass is 10.1. The van der Waals surface area contributed by atoms with E-state index in [0.29, 0.717) is 32.9 Å². The number of ketones is 1. The van der Waals surface area contributed by atoms with Crippen molar-refractivity contribution in [2.24, 2.45) is 7.05 Å². The lowest BCUT2D eigenvalue weighted by Crippen LogP contribution is -2.29. The number of carbonyl (C=O) groups is 1. The Balaban J connectivity index is 2.10. The predicted molar refractivity (Wildman–Crippen MR) is 124 cm³/mol. The van der Waals surface area contributed by atoms with E-state index in [1.165, 1.54) is 22.0 Å². The Morgan fingerprint density at radius 2 is 2.00 bits per heavy atom. The summed E-state index contributed by atoms with van der Waals surface area (Å²) in [5.41, 5.74) is 2.17. The van der Waals surface area contributed by atoms with Gasteiger partial charge in [0.15, 0.2) is 17.3 Å². The van der Waals surface area contributed by atoms with Gasteiger partial charge in [0.25, 0.3) is 5.56 Å². The fraction of sp³-hybridized carbons (Fsp3) is 0.217. The highest BCUT2D eigenvalue weighted by molar-refractivity contribution is 9.10. The van der Waals surface area contributed by atoms with Gasteiger partial charge < -0.3 is 14.0 Å². The third-order valence-corrected chi connectivity index (χ3v) is 6.26. The molecule has 7 heteroatoms. The number of benzene rings is 2. The van der Waals surface area contributed by atoms with Gasteiger partial charge in [-0.2, -0.15) is 0 Å². The molecule has 0 saturated heterocycles. The molecule has 0 aliphatic heterocycles. The van der Waals surface area contributed by atoms with Gasteiger partial charge in [-0.3, -0.25) is 9.59 Å². The molecular formula is C23H22BrNO4S. The molecule has 0 fully saturated rings. The van der Waals surface area contributed by atoms with Gasteiger partial charge in [0.1, 0.15) is 4.66 Å². The first kappa shape index (κ1) is 22.1. The Morgan fingerprint density at radius 1 is 1.27 bits per heavy atom. The molecule has 0 aliphatic carbocycles. The number of methoxy groups -OCH3 is 1. The van der Waals surface area contributed by atoms with Crippen LogP contribution in [0.25, 0.3) is 12.2 Å². The average Bonchev–Trinajstić information content (AvgIpc) is 2.96. The average molecular weight is 488 g/mol. The van der Waals surface area contributed by atoms with Crippen LogP contribution in [0.2, 0.25) is 0 Å². The van der Waals surface area contributed by atoms with Crippen LogP contribution in [0.1, 0.15) is 28.4 Å². The molecule has 0 bridgehead atoms. The van der Waals surface area contributed by atoms with Crippen LogP contribution in [0.5, 0.6) is 11.5 Å². The number of rotatable bonds is 6. The Kier molecular flexibility index (Phi) is 6.95. The van der Waals surface area contributed by atoms with E-state index < -0.39 is 0 Å². The van der Waals surface area contributed by atoms with Crippen molar-refractivity contribution < 1.29 is 14.3 Å². The highest BCUT2D eigenvalue weighted by Crippen LogP contribution is 2.36. The summed E-state index contributed by atoms with van der Waals surface area (Å²) in [6, 6.07) is 11.1. The van der Waals surface area contributed by atoms with Crippen LogP contribution in [0.4, 0.5) is 0 Å². The normalized spacial score (nSPS) is 12.3. The van der Waals surface area contributed by atoms with E-state index in [-0.39, 0.29) is 11.3 Å². The summed E-state index contributed by atoms with van der Waals surface area (Å²) in [6.45, 7) is 4.28. The summed E-state index contributed by atoms with van der Waals surface area (Å²) in [5, 5.41) is 0. The summed E-state index contributed by atoms with van der Waals surface area (Å²) in [7, 11) is 3.25. The van der Waals surface area contributed by atoms with Crippen LogP contribution in [-0.4, -0.2) is 24.1 Å². The number of thiazole rings is 1. The third kappa shape index (κ3) is 4.57. The number of Topliss-reactive ketones (excluding diaryl/α,β-unsaturated/α-hetero) is 1. The molecule has 0 saturated carbocycles. The van der Waals surface area contributed by atoms with Gasteiger partial charge in [0, 0.05) is 18.7 Å². The summed E-state index contributed by atoms with van der Waals surface area (Å²) < 4.78 is 14.4.